The van der Waals surface area contributed by atoms with E-state index in [4.69, 9.17) is 4.74 Å². The first-order valence-corrected chi connectivity index (χ1v) is 7.44. The molecule has 0 heterocycles. The zero-order chi connectivity index (χ0) is 13.9. The lowest BCUT2D eigenvalue weighted by atomic mass is 9.82. The smallest absolute Gasteiger partial charge is 0.127 e. The Morgan fingerprint density at radius 1 is 1.21 bits per heavy atom. The molecule has 19 heavy (non-hydrogen) atoms. The van der Waals surface area contributed by atoms with Crippen molar-refractivity contribution in [1.82, 2.24) is 0 Å². The largest absolute Gasteiger partial charge is 0.483 e. The summed E-state index contributed by atoms with van der Waals surface area (Å²) in [5, 5.41) is 0. The van der Waals surface area contributed by atoms with Gasteiger partial charge in [0.2, 0.25) is 0 Å². The molecule has 104 valence electrons. The second-order valence-corrected chi connectivity index (χ2v) is 6.34. The molecule has 0 aliphatic heterocycles. The van der Waals surface area contributed by atoms with Crippen LogP contribution in [0.4, 0.5) is 0 Å². The molecule has 1 heteroatoms. The summed E-state index contributed by atoms with van der Waals surface area (Å²) >= 11 is 0. The first-order chi connectivity index (χ1) is 9.01. The van der Waals surface area contributed by atoms with E-state index in [0.717, 1.165) is 25.0 Å². The molecule has 1 aliphatic rings. The van der Waals surface area contributed by atoms with Gasteiger partial charge in [-0.25, -0.2) is 0 Å². The summed E-state index contributed by atoms with van der Waals surface area (Å²) < 4.78 is 6.20. The topological polar surface area (TPSA) is 9.23 Å². The van der Waals surface area contributed by atoms with Crippen LogP contribution in [0.3, 0.4) is 0 Å². The lowest BCUT2D eigenvalue weighted by Crippen LogP contribution is -2.29. The van der Waals surface area contributed by atoms with Crippen molar-refractivity contribution in [1.29, 1.82) is 0 Å². The van der Waals surface area contributed by atoms with Crippen LogP contribution < -0.4 is 4.74 Å². The Morgan fingerprint density at radius 2 is 1.79 bits per heavy atom. The number of hydrogen-bond acceptors (Lipinski definition) is 1. The van der Waals surface area contributed by atoms with E-state index in [1.165, 1.54) is 18.4 Å². The van der Waals surface area contributed by atoms with E-state index in [-0.39, 0.29) is 11.0 Å². The lowest BCUT2D eigenvalue weighted by molar-refractivity contribution is 0.128. The van der Waals surface area contributed by atoms with Crippen LogP contribution in [-0.2, 0) is 5.41 Å². The molecule has 0 aromatic heterocycles. The summed E-state index contributed by atoms with van der Waals surface area (Å²) in [5.74, 6) is 0.970. The van der Waals surface area contributed by atoms with E-state index >= 15 is 0 Å². The molecular weight excluding hydrogens is 232 g/mol. The molecule has 1 nitrogen and oxygen atoms in total. The minimum Gasteiger partial charge on any atom is -0.483 e. The zero-order valence-corrected chi connectivity index (χ0v) is 12.5. The summed E-state index contributed by atoms with van der Waals surface area (Å²) in [5.41, 5.74) is 1.49. The van der Waals surface area contributed by atoms with Crippen LogP contribution in [0.15, 0.2) is 36.9 Å². The van der Waals surface area contributed by atoms with Gasteiger partial charge in [0.1, 0.15) is 11.4 Å². The second kappa shape index (κ2) is 5.40. The average Bonchev–Trinajstić information content (AvgIpc) is 2.88. The summed E-state index contributed by atoms with van der Waals surface area (Å²) in [6, 6.07) is 8.61. The highest BCUT2D eigenvalue weighted by atomic mass is 16.5. The molecule has 0 saturated heterocycles. The normalized spacial score (nSPS) is 18.3. The molecule has 0 amide bonds. The fourth-order valence-corrected chi connectivity index (χ4v) is 2.73. The Balaban J connectivity index is 2.13. The monoisotopic (exact) mass is 258 g/mol. The maximum absolute atomic E-state index is 6.20. The maximum atomic E-state index is 6.20. The summed E-state index contributed by atoms with van der Waals surface area (Å²) in [7, 11) is 0. The van der Waals surface area contributed by atoms with Crippen LogP contribution in [0.5, 0.6) is 5.75 Å². The third-order valence-corrected chi connectivity index (χ3v) is 4.66. The highest BCUT2D eigenvalue weighted by molar-refractivity contribution is 5.32. The van der Waals surface area contributed by atoms with Crippen molar-refractivity contribution in [3.8, 4) is 5.75 Å². The third-order valence-electron chi connectivity index (χ3n) is 4.66. The van der Waals surface area contributed by atoms with Gasteiger partial charge in [-0.3, -0.25) is 0 Å². The van der Waals surface area contributed by atoms with Crippen LogP contribution in [0.25, 0.3) is 0 Å². The van der Waals surface area contributed by atoms with E-state index in [2.05, 4.69) is 51.6 Å². The van der Waals surface area contributed by atoms with Crippen molar-refractivity contribution in [2.24, 2.45) is 0 Å². The van der Waals surface area contributed by atoms with Crippen LogP contribution in [0, 0.1) is 0 Å². The highest BCUT2D eigenvalue weighted by Crippen LogP contribution is 2.36. The van der Waals surface area contributed by atoms with Crippen molar-refractivity contribution < 1.29 is 4.74 Å². The number of hydrogen-bond donors (Lipinski definition) is 0. The Morgan fingerprint density at radius 3 is 2.26 bits per heavy atom. The molecule has 1 aliphatic carbocycles. The van der Waals surface area contributed by atoms with Crippen LogP contribution >= 0.6 is 0 Å². The summed E-state index contributed by atoms with van der Waals surface area (Å²) in [6.45, 7) is 10.8. The Labute approximate surface area is 117 Å². The minimum absolute atomic E-state index is 0.123. The predicted octanol–water partition coefficient (Wildman–Crippen LogP) is 5.25. The third kappa shape index (κ3) is 3.02. The molecular formula is C18H26O. The fourth-order valence-electron chi connectivity index (χ4n) is 2.73. The van der Waals surface area contributed by atoms with Gasteiger partial charge in [0.15, 0.2) is 0 Å². The predicted molar refractivity (Wildman–Crippen MR) is 81.8 cm³/mol. The van der Waals surface area contributed by atoms with Gasteiger partial charge >= 0.3 is 0 Å². The fraction of sp³-hybridized carbons (Fsp3) is 0.556. The van der Waals surface area contributed by atoms with Gasteiger partial charge in [-0.2, -0.15) is 0 Å². The molecule has 1 fully saturated rings. The minimum atomic E-state index is -0.123. The standard InChI is InChI=1S/C18H26O/c1-5-17(3,4)15-9-11-16(12-10-15)19-18(6-2)13-7-8-14-18/h6,9-12H,2,5,7-8,13-14H2,1,3-4H3. The van der Waals surface area contributed by atoms with Gasteiger partial charge in [-0.15, -0.1) is 0 Å². The van der Waals surface area contributed by atoms with Gasteiger partial charge in [-0.1, -0.05) is 39.5 Å². The van der Waals surface area contributed by atoms with Crippen LogP contribution in [0.1, 0.15) is 58.4 Å². The van der Waals surface area contributed by atoms with Crippen molar-refractivity contribution in [3.05, 3.63) is 42.5 Å². The first kappa shape index (κ1) is 14.2. The van der Waals surface area contributed by atoms with Crippen molar-refractivity contribution >= 4 is 0 Å². The van der Waals surface area contributed by atoms with E-state index in [0.29, 0.717) is 0 Å². The van der Waals surface area contributed by atoms with Crippen LogP contribution in [-0.4, -0.2) is 5.60 Å². The van der Waals surface area contributed by atoms with Gasteiger partial charge < -0.3 is 4.74 Å². The molecule has 0 radical (unpaired) electrons. The van der Waals surface area contributed by atoms with Gasteiger partial charge in [0.25, 0.3) is 0 Å². The molecule has 0 bridgehead atoms. The molecule has 1 saturated carbocycles. The lowest BCUT2D eigenvalue weighted by Gasteiger charge is -2.28. The average molecular weight is 258 g/mol. The molecule has 0 atom stereocenters. The van der Waals surface area contributed by atoms with E-state index in [1.54, 1.807) is 0 Å². The highest BCUT2D eigenvalue weighted by Gasteiger charge is 2.32. The molecule has 1 aromatic rings. The quantitative estimate of drug-likeness (QED) is 0.655. The number of rotatable bonds is 5. The van der Waals surface area contributed by atoms with E-state index in [1.807, 2.05) is 6.08 Å². The Hall–Kier alpha value is -1.24. The number of ether oxygens (including phenoxy) is 1. The SMILES string of the molecule is C=CC1(Oc2ccc(C(C)(C)CC)cc2)CCCC1. The zero-order valence-electron chi connectivity index (χ0n) is 12.5. The Bertz CT molecular complexity index is 422. The summed E-state index contributed by atoms with van der Waals surface area (Å²) in [6.07, 6.45) is 7.81. The maximum Gasteiger partial charge on any atom is 0.127 e. The molecule has 0 N–H and O–H groups in total. The molecule has 0 unspecified atom stereocenters. The van der Waals surface area contributed by atoms with Crippen molar-refractivity contribution in [2.75, 3.05) is 0 Å². The molecule has 0 spiro atoms. The molecule has 2 rings (SSSR count). The first-order valence-electron chi connectivity index (χ1n) is 7.44. The van der Waals surface area contributed by atoms with Crippen molar-refractivity contribution in [2.45, 2.75) is 63.9 Å². The second-order valence-electron chi connectivity index (χ2n) is 6.34. The van der Waals surface area contributed by atoms with E-state index < -0.39 is 0 Å². The van der Waals surface area contributed by atoms with Crippen molar-refractivity contribution in [3.63, 3.8) is 0 Å². The molecule has 1 aromatic carbocycles. The van der Waals surface area contributed by atoms with Gasteiger partial charge in [0, 0.05) is 0 Å². The van der Waals surface area contributed by atoms with Gasteiger partial charge in [0.05, 0.1) is 0 Å². The summed E-state index contributed by atoms with van der Waals surface area (Å²) in [4.78, 5) is 0. The van der Waals surface area contributed by atoms with Crippen LogP contribution in [0.2, 0.25) is 0 Å². The van der Waals surface area contributed by atoms with E-state index in [9.17, 15) is 0 Å². The Kier molecular flexibility index (Phi) is 4.03. The number of benzene rings is 1. The van der Waals surface area contributed by atoms with Gasteiger partial charge in [-0.05, 0) is 61.3 Å².